The minimum Gasteiger partial charge on any atom is -0.343 e. The number of unbranched alkanes of at least 4 members (excludes halogenated alkanes) is 4. The van der Waals surface area contributed by atoms with E-state index in [1.165, 1.54) is 31.7 Å². The van der Waals surface area contributed by atoms with Crippen molar-refractivity contribution in [2.45, 2.75) is 43.9 Å². The van der Waals surface area contributed by atoms with Gasteiger partial charge in [-0.25, -0.2) is 0 Å². The maximum atomic E-state index is 11.0. The number of hydrogen-bond acceptors (Lipinski definition) is 2. The Hall–Kier alpha value is -0.390. The molecule has 0 aliphatic rings. The molecule has 0 saturated carbocycles. The third-order valence-electron chi connectivity index (χ3n) is 3.13. The first kappa shape index (κ1) is 21.6. The van der Waals surface area contributed by atoms with Crippen LogP contribution in [0, 0.1) is 6.92 Å². The summed E-state index contributed by atoms with van der Waals surface area (Å²) < 4.78 is 31.0. The second-order valence-corrected chi connectivity index (χ2v) is 6.26. The van der Waals surface area contributed by atoms with Gasteiger partial charge in [0.2, 0.25) is 0 Å². The number of fused-ring (bicyclic) bond motifs is 1. The van der Waals surface area contributed by atoms with Gasteiger partial charge in [0.15, 0.2) is 0 Å². The van der Waals surface area contributed by atoms with Gasteiger partial charge in [-0.05, 0) is 11.5 Å². The average Bonchev–Trinajstić information content (AvgIpc) is 2.47. The number of rotatable bonds is 5. The summed E-state index contributed by atoms with van der Waals surface area (Å²) in [6.07, 6.45) is 6.52. The van der Waals surface area contributed by atoms with Gasteiger partial charge in [-0.15, -0.1) is 0 Å². The molecule has 2 aromatic carbocycles. The van der Waals surface area contributed by atoms with E-state index in [2.05, 4.69) is 13.8 Å². The van der Waals surface area contributed by atoms with Crippen LogP contribution in [-0.4, -0.2) is 13.0 Å². The summed E-state index contributed by atoms with van der Waals surface area (Å²) in [5.74, 6) is 0. The summed E-state index contributed by atoms with van der Waals surface area (Å²) in [6, 6.07) is 11.8. The molecule has 0 heterocycles. The van der Waals surface area contributed by atoms with E-state index in [1.807, 2.05) is 6.07 Å². The van der Waals surface area contributed by atoms with Crippen LogP contribution in [-0.2, 0) is 10.1 Å². The van der Waals surface area contributed by atoms with E-state index in [0.29, 0.717) is 5.39 Å². The van der Waals surface area contributed by atoms with E-state index in [-0.39, 0.29) is 34.5 Å². The molecule has 0 atom stereocenters. The smallest absolute Gasteiger partial charge is 0.343 e. The molecule has 0 bridgehead atoms. The van der Waals surface area contributed by atoms with E-state index >= 15 is 0 Å². The molecule has 0 aliphatic carbocycles. The molecule has 0 spiro atoms. The Labute approximate surface area is 156 Å². The summed E-state index contributed by atoms with van der Waals surface area (Å²) in [6.45, 7) is 5.98. The molecule has 2 rings (SSSR count). The molecule has 1 N–H and O–H groups in total. The van der Waals surface area contributed by atoms with Crippen LogP contribution in [0.15, 0.2) is 47.4 Å². The molecule has 0 aromatic heterocycles. The quantitative estimate of drug-likeness (QED) is 0.394. The minimum atomic E-state index is -4.13. The van der Waals surface area contributed by atoms with Gasteiger partial charge in [0.1, 0.15) is 4.90 Å². The van der Waals surface area contributed by atoms with Crippen LogP contribution >= 0.6 is 0 Å². The first-order chi connectivity index (χ1) is 10.0. The molecular formula is C17H23NaO3S. The molecule has 0 saturated heterocycles. The zero-order chi connectivity index (χ0) is 15.7. The molecule has 5 heteroatoms. The molecule has 0 amide bonds. The average molecular weight is 330 g/mol. The van der Waals surface area contributed by atoms with Crippen molar-refractivity contribution in [2.24, 2.45) is 0 Å². The summed E-state index contributed by atoms with van der Waals surface area (Å²) >= 11 is 0. The molecule has 116 valence electrons. The normalized spacial score (nSPS) is 10.5. The van der Waals surface area contributed by atoms with Crippen LogP contribution in [0.4, 0.5) is 0 Å². The van der Waals surface area contributed by atoms with Gasteiger partial charge < -0.3 is 6.92 Å². The van der Waals surface area contributed by atoms with Crippen LogP contribution in [0.25, 0.3) is 10.8 Å². The van der Waals surface area contributed by atoms with Crippen LogP contribution in [0.2, 0.25) is 0 Å². The van der Waals surface area contributed by atoms with Crippen molar-refractivity contribution in [2.75, 3.05) is 0 Å². The molecular weight excluding hydrogens is 307 g/mol. The number of benzene rings is 2. The van der Waals surface area contributed by atoms with Crippen molar-refractivity contribution in [1.82, 2.24) is 0 Å². The van der Waals surface area contributed by atoms with Crippen molar-refractivity contribution in [1.29, 1.82) is 0 Å². The summed E-state index contributed by atoms with van der Waals surface area (Å²) in [5.41, 5.74) is 0. The monoisotopic (exact) mass is 330 g/mol. The number of hydrogen-bond donors (Lipinski definition) is 1. The zero-order valence-corrected chi connectivity index (χ0v) is 16.3. The predicted molar refractivity (Wildman–Crippen MR) is 87.9 cm³/mol. The van der Waals surface area contributed by atoms with Crippen molar-refractivity contribution in [3.63, 3.8) is 0 Å². The molecule has 22 heavy (non-hydrogen) atoms. The second-order valence-electron chi connectivity index (χ2n) is 4.87. The van der Waals surface area contributed by atoms with Gasteiger partial charge in [-0.3, -0.25) is 4.55 Å². The second kappa shape index (κ2) is 11.2. The largest absolute Gasteiger partial charge is 1.00 e. The van der Waals surface area contributed by atoms with E-state index in [4.69, 9.17) is 4.55 Å². The third kappa shape index (κ3) is 7.25. The standard InChI is InChI=1S/C10H8O3S.C7H15.Na/c11-14(12,13)10-7-3-5-8-4-1-2-6-9(8)10;1-3-5-7-6-4-2;/h1-7H,(H,11,12,13);1,3-7H2,2H3;/q;-1;+1. The minimum absolute atomic E-state index is 0. The van der Waals surface area contributed by atoms with Crippen molar-refractivity contribution in [3.8, 4) is 0 Å². The SMILES string of the molecule is O=S(=O)(O)c1cccc2ccccc12.[CH2-]CCCCCC.[Na+]. The molecule has 0 fully saturated rings. The first-order valence-corrected chi connectivity index (χ1v) is 8.69. The maximum absolute atomic E-state index is 11.0. The maximum Gasteiger partial charge on any atom is 1.00 e. The third-order valence-corrected chi connectivity index (χ3v) is 4.04. The molecule has 3 nitrogen and oxygen atoms in total. The fraction of sp³-hybridized carbons (Fsp3) is 0.353. The zero-order valence-electron chi connectivity index (χ0n) is 13.5. The molecule has 0 radical (unpaired) electrons. The first-order valence-electron chi connectivity index (χ1n) is 7.25. The molecule has 2 aromatic rings. The van der Waals surface area contributed by atoms with Crippen LogP contribution in [0.1, 0.15) is 39.0 Å². The Morgan fingerprint density at radius 3 is 2.23 bits per heavy atom. The Morgan fingerprint density at radius 2 is 1.64 bits per heavy atom. The summed E-state index contributed by atoms with van der Waals surface area (Å²) in [5, 5.41) is 1.33. The predicted octanol–water partition coefficient (Wildman–Crippen LogP) is 1.88. The topological polar surface area (TPSA) is 54.4 Å². The van der Waals surface area contributed by atoms with Crippen LogP contribution in [0.3, 0.4) is 0 Å². The van der Waals surface area contributed by atoms with Gasteiger partial charge in [0.05, 0.1) is 0 Å². The molecule has 0 aliphatic heterocycles. The van der Waals surface area contributed by atoms with E-state index < -0.39 is 10.1 Å². The van der Waals surface area contributed by atoms with Crippen molar-refractivity contribution >= 4 is 20.9 Å². The Balaban J connectivity index is 0.000000478. The van der Waals surface area contributed by atoms with Crippen molar-refractivity contribution < 1.29 is 42.5 Å². The molecule has 0 unspecified atom stereocenters. The van der Waals surface area contributed by atoms with Crippen LogP contribution < -0.4 is 29.6 Å². The van der Waals surface area contributed by atoms with Gasteiger partial charge in [-0.2, -0.15) is 14.8 Å². The fourth-order valence-electron chi connectivity index (χ4n) is 2.02. The van der Waals surface area contributed by atoms with Gasteiger partial charge >= 0.3 is 29.6 Å². The Bertz CT molecular complexity index is 645. The van der Waals surface area contributed by atoms with Crippen molar-refractivity contribution in [3.05, 3.63) is 49.4 Å². The summed E-state index contributed by atoms with van der Waals surface area (Å²) in [4.78, 5) is -0.0457. The van der Waals surface area contributed by atoms with Gasteiger partial charge in [0.25, 0.3) is 10.1 Å². The van der Waals surface area contributed by atoms with E-state index in [9.17, 15) is 8.42 Å². The fourth-order valence-corrected chi connectivity index (χ4v) is 2.74. The Kier molecular flexibility index (Phi) is 11.0. The van der Waals surface area contributed by atoms with E-state index in [0.717, 1.165) is 11.8 Å². The Morgan fingerprint density at radius 1 is 1.00 bits per heavy atom. The summed E-state index contributed by atoms with van der Waals surface area (Å²) in [7, 11) is -4.13. The van der Waals surface area contributed by atoms with E-state index in [1.54, 1.807) is 30.3 Å². The van der Waals surface area contributed by atoms with Crippen LogP contribution in [0.5, 0.6) is 0 Å². The van der Waals surface area contributed by atoms with Gasteiger partial charge in [0, 0.05) is 5.39 Å². The van der Waals surface area contributed by atoms with Gasteiger partial charge in [-0.1, -0.05) is 69.0 Å².